The summed E-state index contributed by atoms with van der Waals surface area (Å²) in [7, 11) is 0. The standard InChI is InChI=1S/C15H19N3O3/c1-11(2)18-14(20)6-8-17-15(21)13-5-7-16-10-12(13)4-3-9-19/h5,7,10-11,19H,6,8-9H2,1-2H3,(H,17,21)(H,18,20). The van der Waals surface area contributed by atoms with E-state index in [-0.39, 0.29) is 37.4 Å². The van der Waals surface area contributed by atoms with Crippen LogP contribution < -0.4 is 10.6 Å². The fourth-order valence-corrected chi connectivity index (χ4v) is 1.61. The third-order valence-electron chi connectivity index (χ3n) is 2.46. The predicted molar refractivity (Wildman–Crippen MR) is 78.4 cm³/mol. The SMILES string of the molecule is CC(C)NC(=O)CCNC(=O)c1ccncc1C#CCO. The van der Waals surface area contributed by atoms with E-state index in [9.17, 15) is 9.59 Å². The maximum Gasteiger partial charge on any atom is 0.252 e. The highest BCUT2D eigenvalue weighted by atomic mass is 16.2. The molecule has 0 radical (unpaired) electrons. The Morgan fingerprint density at radius 3 is 2.86 bits per heavy atom. The van der Waals surface area contributed by atoms with Crippen molar-refractivity contribution >= 4 is 11.8 Å². The van der Waals surface area contributed by atoms with Gasteiger partial charge in [-0.2, -0.15) is 0 Å². The molecule has 1 aromatic rings. The van der Waals surface area contributed by atoms with Crippen molar-refractivity contribution in [1.82, 2.24) is 15.6 Å². The van der Waals surface area contributed by atoms with Gasteiger partial charge in [-0.1, -0.05) is 11.8 Å². The minimum Gasteiger partial charge on any atom is -0.384 e. The molecule has 3 N–H and O–H groups in total. The number of aliphatic hydroxyl groups excluding tert-OH is 1. The molecule has 0 bridgehead atoms. The molecule has 0 unspecified atom stereocenters. The van der Waals surface area contributed by atoms with E-state index >= 15 is 0 Å². The Morgan fingerprint density at radius 2 is 2.19 bits per heavy atom. The van der Waals surface area contributed by atoms with E-state index in [0.29, 0.717) is 11.1 Å². The van der Waals surface area contributed by atoms with Gasteiger partial charge in [0.2, 0.25) is 5.91 Å². The van der Waals surface area contributed by atoms with E-state index in [4.69, 9.17) is 5.11 Å². The Labute approximate surface area is 124 Å². The summed E-state index contributed by atoms with van der Waals surface area (Å²) in [5.74, 6) is 4.71. The molecule has 0 aliphatic rings. The van der Waals surface area contributed by atoms with Crippen molar-refractivity contribution in [1.29, 1.82) is 0 Å². The first-order valence-electron chi connectivity index (χ1n) is 6.66. The molecule has 0 fully saturated rings. The van der Waals surface area contributed by atoms with Gasteiger partial charge in [-0.25, -0.2) is 0 Å². The second kappa shape index (κ2) is 8.72. The number of hydrogen-bond acceptors (Lipinski definition) is 4. The monoisotopic (exact) mass is 289 g/mol. The van der Waals surface area contributed by atoms with Gasteiger partial charge in [-0.15, -0.1) is 0 Å². The smallest absolute Gasteiger partial charge is 0.252 e. The van der Waals surface area contributed by atoms with Crippen molar-refractivity contribution in [2.75, 3.05) is 13.2 Å². The van der Waals surface area contributed by atoms with Gasteiger partial charge in [0, 0.05) is 31.4 Å². The van der Waals surface area contributed by atoms with E-state index in [1.54, 1.807) is 6.07 Å². The quantitative estimate of drug-likeness (QED) is 0.669. The van der Waals surface area contributed by atoms with E-state index in [2.05, 4.69) is 27.5 Å². The second-order valence-corrected chi connectivity index (χ2v) is 4.61. The number of pyridine rings is 1. The normalized spacial score (nSPS) is 9.71. The highest BCUT2D eigenvalue weighted by Crippen LogP contribution is 2.05. The molecule has 0 aliphatic carbocycles. The summed E-state index contributed by atoms with van der Waals surface area (Å²) in [5, 5.41) is 14.1. The predicted octanol–water partition coefficient (Wildman–Crippen LogP) is 0.0699. The number of hydrogen-bond donors (Lipinski definition) is 3. The van der Waals surface area contributed by atoms with Crippen molar-refractivity contribution in [2.24, 2.45) is 0 Å². The first kappa shape index (κ1) is 16.7. The highest BCUT2D eigenvalue weighted by Gasteiger charge is 2.10. The van der Waals surface area contributed by atoms with E-state index in [1.165, 1.54) is 12.4 Å². The largest absolute Gasteiger partial charge is 0.384 e. The van der Waals surface area contributed by atoms with Crippen molar-refractivity contribution < 1.29 is 14.7 Å². The Morgan fingerprint density at radius 1 is 1.43 bits per heavy atom. The first-order valence-corrected chi connectivity index (χ1v) is 6.66. The topological polar surface area (TPSA) is 91.3 Å². The molecule has 0 aromatic carbocycles. The third-order valence-corrected chi connectivity index (χ3v) is 2.46. The van der Waals surface area contributed by atoms with E-state index in [0.717, 1.165) is 0 Å². The Bertz CT molecular complexity index is 559. The highest BCUT2D eigenvalue weighted by molar-refractivity contribution is 5.96. The van der Waals surface area contributed by atoms with Crippen molar-refractivity contribution in [3.63, 3.8) is 0 Å². The number of aromatic nitrogens is 1. The van der Waals surface area contributed by atoms with Crippen LogP contribution in [0, 0.1) is 11.8 Å². The molecule has 112 valence electrons. The van der Waals surface area contributed by atoms with Gasteiger partial charge in [0.25, 0.3) is 5.91 Å². The van der Waals surface area contributed by atoms with Crippen LogP contribution in [0.1, 0.15) is 36.2 Å². The zero-order valence-corrected chi connectivity index (χ0v) is 12.1. The molecule has 0 saturated carbocycles. The van der Waals surface area contributed by atoms with Gasteiger partial charge >= 0.3 is 0 Å². The molecule has 1 heterocycles. The van der Waals surface area contributed by atoms with Gasteiger partial charge in [0.05, 0.1) is 11.1 Å². The fourth-order valence-electron chi connectivity index (χ4n) is 1.61. The Hall–Kier alpha value is -2.39. The van der Waals surface area contributed by atoms with Crippen LogP contribution in [0.3, 0.4) is 0 Å². The van der Waals surface area contributed by atoms with Crippen LogP contribution in [0.15, 0.2) is 18.5 Å². The Kier molecular flexibility index (Phi) is 6.92. The lowest BCUT2D eigenvalue weighted by Gasteiger charge is -2.09. The second-order valence-electron chi connectivity index (χ2n) is 4.61. The first-order chi connectivity index (χ1) is 10.0. The van der Waals surface area contributed by atoms with Crippen LogP contribution in [0.4, 0.5) is 0 Å². The summed E-state index contributed by atoms with van der Waals surface area (Å²) < 4.78 is 0. The summed E-state index contributed by atoms with van der Waals surface area (Å²) in [6, 6.07) is 1.62. The van der Waals surface area contributed by atoms with Crippen LogP contribution in [0.25, 0.3) is 0 Å². The lowest BCUT2D eigenvalue weighted by molar-refractivity contribution is -0.121. The molecule has 6 nitrogen and oxygen atoms in total. The van der Waals surface area contributed by atoms with E-state index in [1.807, 2.05) is 13.8 Å². The summed E-state index contributed by atoms with van der Waals surface area (Å²) >= 11 is 0. The summed E-state index contributed by atoms with van der Waals surface area (Å²) in [6.45, 7) is 3.71. The van der Waals surface area contributed by atoms with Gasteiger partial charge in [-0.05, 0) is 19.9 Å². The summed E-state index contributed by atoms with van der Waals surface area (Å²) in [5.41, 5.74) is 0.811. The molecular weight excluding hydrogens is 270 g/mol. The van der Waals surface area contributed by atoms with Gasteiger partial charge in [-0.3, -0.25) is 14.6 Å². The molecule has 1 rings (SSSR count). The fraction of sp³-hybridized carbons (Fsp3) is 0.400. The lowest BCUT2D eigenvalue weighted by Crippen LogP contribution is -2.34. The number of rotatable bonds is 5. The van der Waals surface area contributed by atoms with E-state index < -0.39 is 0 Å². The molecule has 2 amide bonds. The maximum absolute atomic E-state index is 12.0. The van der Waals surface area contributed by atoms with Crippen LogP contribution in [0.5, 0.6) is 0 Å². The van der Waals surface area contributed by atoms with Crippen LogP contribution >= 0.6 is 0 Å². The number of nitrogens with one attached hydrogen (secondary N) is 2. The number of amides is 2. The molecule has 1 aromatic heterocycles. The average molecular weight is 289 g/mol. The minimum atomic E-state index is -0.322. The molecule has 0 aliphatic heterocycles. The molecule has 0 spiro atoms. The van der Waals surface area contributed by atoms with Gasteiger partial charge in [0.1, 0.15) is 6.61 Å². The summed E-state index contributed by atoms with van der Waals surface area (Å²) in [6.07, 6.45) is 3.17. The summed E-state index contributed by atoms with van der Waals surface area (Å²) in [4.78, 5) is 27.4. The number of carbonyl (C=O) groups excluding carboxylic acids is 2. The number of nitrogens with zero attached hydrogens (tertiary/aromatic N) is 1. The van der Waals surface area contributed by atoms with Crippen molar-refractivity contribution in [2.45, 2.75) is 26.3 Å². The number of aliphatic hydroxyl groups is 1. The van der Waals surface area contributed by atoms with Crippen molar-refractivity contribution in [3.8, 4) is 11.8 Å². The zero-order valence-electron chi connectivity index (χ0n) is 12.1. The van der Waals surface area contributed by atoms with Gasteiger partial charge in [0.15, 0.2) is 0 Å². The minimum absolute atomic E-state index is 0.0776. The third kappa shape index (κ3) is 6.06. The van der Waals surface area contributed by atoms with Crippen molar-refractivity contribution in [3.05, 3.63) is 29.6 Å². The molecular formula is C15H19N3O3. The van der Waals surface area contributed by atoms with Crippen LogP contribution in [-0.4, -0.2) is 41.1 Å². The lowest BCUT2D eigenvalue weighted by atomic mass is 10.1. The number of carbonyl (C=O) groups is 2. The zero-order chi connectivity index (χ0) is 15.7. The van der Waals surface area contributed by atoms with Gasteiger partial charge < -0.3 is 15.7 Å². The molecule has 0 saturated heterocycles. The molecule has 21 heavy (non-hydrogen) atoms. The Balaban J connectivity index is 2.58. The van der Waals surface area contributed by atoms with Crippen LogP contribution in [0.2, 0.25) is 0 Å². The average Bonchev–Trinajstić information content (AvgIpc) is 2.44. The van der Waals surface area contributed by atoms with Crippen LogP contribution in [-0.2, 0) is 4.79 Å². The molecule has 0 atom stereocenters. The molecule has 6 heteroatoms. The maximum atomic E-state index is 12.0.